The van der Waals surface area contributed by atoms with E-state index >= 15 is 0 Å². The Morgan fingerprint density at radius 1 is 0.909 bits per heavy atom. The van der Waals surface area contributed by atoms with Gasteiger partial charge in [-0.25, -0.2) is 0 Å². The standard InChI is InChI=1S/C9H7N.Zr/c1-2-6-9-8(4-1)5-3-7-10-9;/h1-7H;. The number of aromatic nitrogens is 1. The van der Waals surface area contributed by atoms with Crippen LogP contribution < -0.4 is 0 Å². The van der Waals surface area contributed by atoms with Gasteiger partial charge in [-0.3, -0.25) is 4.98 Å². The zero-order valence-corrected chi connectivity index (χ0v) is 8.45. The molecule has 0 amide bonds. The first-order valence-corrected chi connectivity index (χ1v) is 3.26. The second-order valence-corrected chi connectivity index (χ2v) is 2.20. The molecule has 0 aliphatic heterocycles. The molecule has 2 heteroatoms. The first-order chi connectivity index (χ1) is 4.97. The van der Waals surface area contributed by atoms with Gasteiger partial charge in [0.15, 0.2) is 0 Å². The minimum atomic E-state index is 0. The van der Waals surface area contributed by atoms with Crippen molar-refractivity contribution < 1.29 is 26.2 Å². The number of para-hydroxylation sites is 1. The molecule has 0 bridgehead atoms. The Labute approximate surface area is 84.6 Å². The van der Waals surface area contributed by atoms with Gasteiger partial charge >= 0.3 is 0 Å². The fraction of sp³-hybridized carbons (Fsp3) is 0. The Balaban J connectivity index is 0.000000605. The summed E-state index contributed by atoms with van der Waals surface area (Å²) in [4.78, 5) is 4.18. The molecule has 2 aromatic rings. The minimum absolute atomic E-state index is 0. The quantitative estimate of drug-likeness (QED) is 0.663. The average molecular weight is 220 g/mol. The number of benzene rings is 1. The molecule has 0 atom stereocenters. The number of nitrogens with zero attached hydrogens (tertiary/aromatic N) is 1. The molecule has 0 aliphatic carbocycles. The number of rotatable bonds is 0. The van der Waals surface area contributed by atoms with Crippen molar-refractivity contribution in [3.63, 3.8) is 0 Å². The van der Waals surface area contributed by atoms with Crippen LogP contribution in [0, 0.1) is 0 Å². The summed E-state index contributed by atoms with van der Waals surface area (Å²) in [5.74, 6) is 0. The van der Waals surface area contributed by atoms with Gasteiger partial charge in [-0.1, -0.05) is 24.3 Å². The molecular weight excluding hydrogens is 213 g/mol. The van der Waals surface area contributed by atoms with E-state index in [0.29, 0.717) is 0 Å². The molecule has 0 spiro atoms. The second-order valence-electron chi connectivity index (χ2n) is 2.20. The van der Waals surface area contributed by atoms with Gasteiger partial charge in [-0.2, -0.15) is 0 Å². The van der Waals surface area contributed by atoms with Crippen molar-refractivity contribution in [2.75, 3.05) is 0 Å². The molecule has 11 heavy (non-hydrogen) atoms. The molecule has 0 aliphatic rings. The summed E-state index contributed by atoms with van der Waals surface area (Å²) < 4.78 is 0. The van der Waals surface area contributed by atoms with Crippen LogP contribution in [0.25, 0.3) is 10.9 Å². The van der Waals surface area contributed by atoms with E-state index in [9.17, 15) is 0 Å². The number of hydrogen-bond acceptors (Lipinski definition) is 1. The first kappa shape index (κ1) is 8.61. The molecular formula is C9H7NZr. The van der Waals surface area contributed by atoms with Gasteiger partial charge in [-0.15, -0.1) is 0 Å². The van der Waals surface area contributed by atoms with Crippen LogP contribution in [0.15, 0.2) is 42.6 Å². The third-order valence-electron chi connectivity index (χ3n) is 1.51. The zero-order chi connectivity index (χ0) is 6.81. The van der Waals surface area contributed by atoms with Crippen molar-refractivity contribution in [2.45, 2.75) is 0 Å². The number of pyridine rings is 1. The average Bonchev–Trinajstić information content (AvgIpc) is 2.05. The maximum absolute atomic E-state index is 4.18. The summed E-state index contributed by atoms with van der Waals surface area (Å²) in [6.07, 6.45) is 1.81. The SMILES string of the molecule is [Zr].c1ccc2ncccc2c1. The second kappa shape index (κ2) is 3.78. The molecule has 52 valence electrons. The van der Waals surface area contributed by atoms with Crippen LogP contribution in [-0.2, 0) is 26.2 Å². The largest absolute Gasteiger partial charge is 0.256 e. The van der Waals surface area contributed by atoms with Gasteiger partial charge < -0.3 is 0 Å². The molecule has 0 N–H and O–H groups in total. The zero-order valence-electron chi connectivity index (χ0n) is 5.99. The smallest absolute Gasteiger partial charge is 0.0701 e. The van der Waals surface area contributed by atoms with Gasteiger partial charge in [0.05, 0.1) is 5.52 Å². The maximum atomic E-state index is 4.18. The van der Waals surface area contributed by atoms with Crippen molar-refractivity contribution >= 4 is 10.9 Å². The molecule has 0 radical (unpaired) electrons. The van der Waals surface area contributed by atoms with E-state index in [4.69, 9.17) is 0 Å². The van der Waals surface area contributed by atoms with E-state index in [1.165, 1.54) is 5.39 Å². The fourth-order valence-corrected chi connectivity index (χ4v) is 1.02. The number of fused-ring (bicyclic) bond motifs is 1. The minimum Gasteiger partial charge on any atom is -0.256 e. The summed E-state index contributed by atoms with van der Waals surface area (Å²) in [6, 6.07) is 12.1. The van der Waals surface area contributed by atoms with Gasteiger partial charge in [0, 0.05) is 37.8 Å². The Kier molecular flexibility index (Phi) is 2.95. The van der Waals surface area contributed by atoms with Crippen LogP contribution in [0.5, 0.6) is 0 Å². The van der Waals surface area contributed by atoms with Crippen molar-refractivity contribution in [1.29, 1.82) is 0 Å². The van der Waals surface area contributed by atoms with Crippen LogP contribution in [0.4, 0.5) is 0 Å². The van der Waals surface area contributed by atoms with Crippen molar-refractivity contribution in [3.05, 3.63) is 42.6 Å². The van der Waals surface area contributed by atoms with E-state index < -0.39 is 0 Å². The molecule has 1 nitrogen and oxygen atoms in total. The number of hydrogen-bond donors (Lipinski definition) is 0. The van der Waals surface area contributed by atoms with Crippen LogP contribution >= 0.6 is 0 Å². The van der Waals surface area contributed by atoms with Gasteiger partial charge in [-0.05, 0) is 12.1 Å². The van der Waals surface area contributed by atoms with Gasteiger partial charge in [0.2, 0.25) is 0 Å². The molecule has 0 saturated carbocycles. The molecule has 1 aromatic heterocycles. The summed E-state index contributed by atoms with van der Waals surface area (Å²) in [7, 11) is 0. The summed E-state index contributed by atoms with van der Waals surface area (Å²) in [5, 5.41) is 1.20. The van der Waals surface area contributed by atoms with Crippen molar-refractivity contribution in [3.8, 4) is 0 Å². The van der Waals surface area contributed by atoms with E-state index in [-0.39, 0.29) is 26.2 Å². The molecule has 0 saturated heterocycles. The predicted molar refractivity (Wildman–Crippen MR) is 41.7 cm³/mol. The Morgan fingerprint density at radius 3 is 2.45 bits per heavy atom. The Hall–Kier alpha value is -0.487. The Bertz CT molecular complexity index is 281. The monoisotopic (exact) mass is 219 g/mol. The van der Waals surface area contributed by atoms with Crippen molar-refractivity contribution in [2.24, 2.45) is 0 Å². The molecule has 2 rings (SSSR count). The van der Waals surface area contributed by atoms with Gasteiger partial charge in [0.25, 0.3) is 0 Å². The third-order valence-corrected chi connectivity index (χ3v) is 1.51. The van der Waals surface area contributed by atoms with Crippen LogP contribution in [0.3, 0.4) is 0 Å². The molecule has 1 heterocycles. The topological polar surface area (TPSA) is 12.9 Å². The first-order valence-electron chi connectivity index (χ1n) is 3.26. The molecule has 1 aromatic carbocycles. The van der Waals surface area contributed by atoms with Crippen LogP contribution in [-0.4, -0.2) is 4.98 Å². The van der Waals surface area contributed by atoms with E-state index in [2.05, 4.69) is 17.1 Å². The maximum Gasteiger partial charge on any atom is 0.0701 e. The predicted octanol–water partition coefficient (Wildman–Crippen LogP) is 2.23. The molecule has 0 fully saturated rings. The van der Waals surface area contributed by atoms with Crippen LogP contribution in [0.2, 0.25) is 0 Å². The van der Waals surface area contributed by atoms with Crippen LogP contribution in [0.1, 0.15) is 0 Å². The summed E-state index contributed by atoms with van der Waals surface area (Å²) in [5.41, 5.74) is 1.06. The summed E-state index contributed by atoms with van der Waals surface area (Å²) in [6.45, 7) is 0. The van der Waals surface area contributed by atoms with Gasteiger partial charge in [0.1, 0.15) is 0 Å². The van der Waals surface area contributed by atoms with Crippen molar-refractivity contribution in [1.82, 2.24) is 4.98 Å². The normalized spacial score (nSPS) is 9.09. The van der Waals surface area contributed by atoms with E-state index in [1.54, 1.807) is 0 Å². The van der Waals surface area contributed by atoms with E-state index in [1.807, 2.05) is 30.5 Å². The van der Waals surface area contributed by atoms with E-state index in [0.717, 1.165) is 5.52 Å². The third kappa shape index (κ3) is 1.75. The summed E-state index contributed by atoms with van der Waals surface area (Å²) >= 11 is 0. The fourth-order valence-electron chi connectivity index (χ4n) is 1.02. The Morgan fingerprint density at radius 2 is 1.64 bits per heavy atom. The molecule has 0 unspecified atom stereocenters.